The van der Waals surface area contributed by atoms with Crippen LogP contribution >= 0.6 is 0 Å². The summed E-state index contributed by atoms with van der Waals surface area (Å²) < 4.78 is 5.20. The van der Waals surface area contributed by atoms with E-state index in [4.69, 9.17) is 10.5 Å². The highest BCUT2D eigenvalue weighted by atomic mass is 16.5. The summed E-state index contributed by atoms with van der Waals surface area (Å²) in [5.74, 6) is 0.861. The highest BCUT2D eigenvalue weighted by Crippen LogP contribution is 2.24. The van der Waals surface area contributed by atoms with Gasteiger partial charge in [0.2, 0.25) is 0 Å². The summed E-state index contributed by atoms with van der Waals surface area (Å²) in [4.78, 5) is 0. The van der Waals surface area contributed by atoms with Gasteiger partial charge in [-0.25, -0.2) is 0 Å². The lowest BCUT2D eigenvalue weighted by molar-refractivity contribution is 0.415. The summed E-state index contributed by atoms with van der Waals surface area (Å²) in [7, 11) is 1.67. The fourth-order valence-corrected chi connectivity index (χ4v) is 1.65. The maximum atomic E-state index is 5.41. The molecule has 0 aliphatic rings. The van der Waals surface area contributed by atoms with Crippen molar-refractivity contribution in [1.29, 1.82) is 0 Å². The van der Waals surface area contributed by atoms with E-state index in [2.05, 4.69) is 6.07 Å². The van der Waals surface area contributed by atoms with Crippen LogP contribution in [0.1, 0.15) is 5.56 Å². The molecule has 2 heteroatoms. The lowest BCUT2D eigenvalue weighted by Gasteiger charge is -2.05. The molecule has 0 bridgehead atoms. The molecular formula is C13H13NO. The topological polar surface area (TPSA) is 35.2 Å². The van der Waals surface area contributed by atoms with Crippen molar-refractivity contribution in [2.24, 2.45) is 5.73 Å². The summed E-state index contributed by atoms with van der Waals surface area (Å²) in [6, 6.07) is 12.1. The third kappa shape index (κ3) is 1.79. The van der Waals surface area contributed by atoms with E-state index in [-0.39, 0.29) is 0 Å². The van der Waals surface area contributed by atoms with E-state index < -0.39 is 0 Å². The molecule has 15 heavy (non-hydrogen) atoms. The standard InChI is InChI=1S/C13H13NO/c1-15-12-6-5-10-3-2-4-11(7-8-14)13(10)9-12/h2-9H,14H2,1H3/b8-7+. The predicted octanol–water partition coefficient (Wildman–Crippen LogP) is 2.78. The van der Waals surface area contributed by atoms with Crippen LogP contribution in [0.3, 0.4) is 0 Å². The van der Waals surface area contributed by atoms with Crippen LogP contribution in [-0.4, -0.2) is 7.11 Å². The van der Waals surface area contributed by atoms with Crippen LogP contribution < -0.4 is 10.5 Å². The molecule has 0 spiro atoms. The van der Waals surface area contributed by atoms with Crippen molar-refractivity contribution in [3.63, 3.8) is 0 Å². The summed E-state index contributed by atoms with van der Waals surface area (Å²) in [5, 5.41) is 2.34. The van der Waals surface area contributed by atoms with Gasteiger partial charge in [0.1, 0.15) is 5.75 Å². The molecular weight excluding hydrogens is 186 g/mol. The maximum absolute atomic E-state index is 5.41. The van der Waals surface area contributed by atoms with Gasteiger partial charge in [0.15, 0.2) is 0 Å². The van der Waals surface area contributed by atoms with Crippen molar-refractivity contribution in [3.8, 4) is 5.75 Å². The van der Waals surface area contributed by atoms with Crippen LogP contribution in [0.4, 0.5) is 0 Å². The minimum Gasteiger partial charge on any atom is -0.497 e. The molecule has 0 fully saturated rings. The first-order valence-corrected chi connectivity index (χ1v) is 4.80. The quantitative estimate of drug-likeness (QED) is 0.807. The molecule has 2 nitrogen and oxygen atoms in total. The van der Waals surface area contributed by atoms with Gasteiger partial charge in [0.25, 0.3) is 0 Å². The Morgan fingerprint density at radius 2 is 2.07 bits per heavy atom. The molecule has 0 aliphatic heterocycles. The zero-order chi connectivity index (χ0) is 10.7. The van der Waals surface area contributed by atoms with Crippen LogP contribution in [-0.2, 0) is 0 Å². The van der Waals surface area contributed by atoms with Gasteiger partial charge in [0, 0.05) is 0 Å². The second kappa shape index (κ2) is 4.05. The van der Waals surface area contributed by atoms with Crippen molar-refractivity contribution < 1.29 is 4.74 Å². The van der Waals surface area contributed by atoms with Crippen molar-refractivity contribution in [1.82, 2.24) is 0 Å². The molecule has 0 aliphatic carbocycles. The second-order valence-electron chi connectivity index (χ2n) is 3.29. The first-order chi connectivity index (χ1) is 7.35. The molecule has 0 saturated heterocycles. The van der Waals surface area contributed by atoms with Crippen LogP contribution in [0.15, 0.2) is 42.6 Å². The molecule has 0 saturated carbocycles. The third-order valence-electron chi connectivity index (χ3n) is 2.40. The van der Waals surface area contributed by atoms with E-state index in [1.54, 1.807) is 13.3 Å². The molecule has 0 aromatic heterocycles. The highest BCUT2D eigenvalue weighted by Gasteiger charge is 1.99. The van der Waals surface area contributed by atoms with Crippen LogP contribution in [0.2, 0.25) is 0 Å². The molecule has 76 valence electrons. The lowest BCUT2D eigenvalue weighted by Crippen LogP contribution is -1.85. The number of methoxy groups -OCH3 is 1. The third-order valence-corrected chi connectivity index (χ3v) is 2.40. The average molecular weight is 199 g/mol. The van der Waals surface area contributed by atoms with Crippen LogP contribution in [0.5, 0.6) is 5.75 Å². The number of nitrogens with two attached hydrogens (primary N) is 1. The number of hydrogen-bond donors (Lipinski definition) is 1. The first-order valence-electron chi connectivity index (χ1n) is 4.80. The van der Waals surface area contributed by atoms with Gasteiger partial charge in [-0.2, -0.15) is 0 Å². The maximum Gasteiger partial charge on any atom is 0.119 e. The van der Waals surface area contributed by atoms with E-state index in [0.717, 1.165) is 16.7 Å². The van der Waals surface area contributed by atoms with Crippen molar-refractivity contribution >= 4 is 16.8 Å². The number of benzene rings is 2. The Balaban J connectivity index is 2.70. The van der Waals surface area contributed by atoms with Gasteiger partial charge in [-0.3, -0.25) is 0 Å². The Labute approximate surface area is 89.0 Å². The number of rotatable bonds is 2. The minimum absolute atomic E-state index is 0.861. The molecule has 2 aromatic carbocycles. The minimum atomic E-state index is 0.861. The van der Waals surface area contributed by atoms with E-state index in [9.17, 15) is 0 Å². The van der Waals surface area contributed by atoms with Crippen LogP contribution in [0.25, 0.3) is 16.8 Å². The molecule has 0 amide bonds. The van der Waals surface area contributed by atoms with E-state index in [1.165, 1.54) is 5.39 Å². The van der Waals surface area contributed by atoms with Gasteiger partial charge in [-0.1, -0.05) is 24.3 Å². The Morgan fingerprint density at radius 3 is 2.80 bits per heavy atom. The monoisotopic (exact) mass is 199 g/mol. The number of ether oxygens (including phenoxy) is 1. The van der Waals surface area contributed by atoms with Crippen LogP contribution in [0, 0.1) is 0 Å². The predicted molar refractivity (Wildman–Crippen MR) is 63.7 cm³/mol. The molecule has 0 radical (unpaired) electrons. The van der Waals surface area contributed by atoms with E-state index in [0.29, 0.717) is 0 Å². The summed E-state index contributed by atoms with van der Waals surface area (Å²) in [5.41, 5.74) is 6.52. The molecule has 2 N–H and O–H groups in total. The van der Waals surface area contributed by atoms with Gasteiger partial charge >= 0.3 is 0 Å². The van der Waals surface area contributed by atoms with Gasteiger partial charge in [0.05, 0.1) is 7.11 Å². The van der Waals surface area contributed by atoms with Crippen molar-refractivity contribution in [2.45, 2.75) is 0 Å². The number of fused-ring (bicyclic) bond motifs is 1. The van der Waals surface area contributed by atoms with Crippen molar-refractivity contribution in [2.75, 3.05) is 7.11 Å². The molecule has 2 rings (SSSR count). The Kier molecular flexibility index (Phi) is 2.59. The van der Waals surface area contributed by atoms with Crippen molar-refractivity contribution in [3.05, 3.63) is 48.2 Å². The Hall–Kier alpha value is -1.96. The molecule has 0 unspecified atom stereocenters. The van der Waals surface area contributed by atoms with Gasteiger partial charge < -0.3 is 10.5 Å². The van der Waals surface area contributed by atoms with Gasteiger partial charge in [-0.15, -0.1) is 0 Å². The number of hydrogen-bond acceptors (Lipinski definition) is 2. The smallest absolute Gasteiger partial charge is 0.119 e. The van der Waals surface area contributed by atoms with Gasteiger partial charge in [-0.05, 0) is 40.7 Å². The Morgan fingerprint density at radius 1 is 1.20 bits per heavy atom. The fraction of sp³-hybridized carbons (Fsp3) is 0.0769. The normalized spacial score (nSPS) is 11.0. The van der Waals surface area contributed by atoms with E-state index in [1.807, 2.05) is 36.4 Å². The highest BCUT2D eigenvalue weighted by molar-refractivity contribution is 5.91. The molecule has 0 atom stereocenters. The van der Waals surface area contributed by atoms with E-state index >= 15 is 0 Å². The second-order valence-corrected chi connectivity index (χ2v) is 3.29. The fourth-order valence-electron chi connectivity index (χ4n) is 1.65. The molecule has 2 aromatic rings. The SMILES string of the molecule is COc1ccc2cccc(/C=C/N)c2c1. The molecule has 0 heterocycles. The summed E-state index contributed by atoms with van der Waals surface area (Å²) in [6.07, 6.45) is 3.44. The first kappa shape index (κ1) is 9.59. The summed E-state index contributed by atoms with van der Waals surface area (Å²) >= 11 is 0. The average Bonchev–Trinajstić information content (AvgIpc) is 2.29. The Bertz CT molecular complexity index is 503. The largest absolute Gasteiger partial charge is 0.497 e. The lowest BCUT2D eigenvalue weighted by atomic mass is 10.0. The zero-order valence-electron chi connectivity index (χ0n) is 8.60. The zero-order valence-corrected chi connectivity index (χ0v) is 8.60. The summed E-state index contributed by atoms with van der Waals surface area (Å²) in [6.45, 7) is 0.